The first kappa shape index (κ1) is 15.7. The maximum atomic E-state index is 12.0. The van der Waals surface area contributed by atoms with Crippen molar-refractivity contribution in [2.24, 2.45) is 11.3 Å². The second-order valence-electron chi connectivity index (χ2n) is 6.48. The number of carboxylic acid groups (broad SMARTS) is 1. The summed E-state index contributed by atoms with van der Waals surface area (Å²) in [6.07, 6.45) is 7.75. The number of hydrogen-bond acceptors (Lipinski definition) is 2. The number of aliphatic carboxylic acids is 1. The maximum Gasteiger partial charge on any atom is 0.326 e. The van der Waals surface area contributed by atoms with Gasteiger partial charge in [0.25, 0.3) is 0 Å². The first-order valence-corrected chi connectivity index (χ1v) is 6.98. The van der Waals surface area contributed by atoms with Crippen LogP contribution >= 0.6 is 0 Å². The summed E-state index contributed by atoms with van der Waals surface area (Å²) < 4.78 is 0. The largest absolute Gasteiger partial charge is 0.480 e. The molecule has 0 bridgehead atoms. The quantitative estimate of drug-likeness (QED) is 0.753. The van der Waals surface area contributed by atoms with Crippen molar-refractivity contribution in [3.05, 3.63) is 12.2 Å². The molecule has 0 aromatic rings. The molecule has 0 saturated carbocycles. The van der Waals surface area contributed by atoms with Crippen molar-refractivity contribution in [1.29, 1.82) is 0 Å². The van der Waals surface area contributed by atoms with Crippen molar-refractivity contribution >= 4 is 11.9 Å². The Kier molecular flexibility index (Phi) is 5.58. The van der Waals surface area contributed by atoms with E-state index in [-0.39, 0.29) is 17.2 Å². The van der Waals surface area contributed by atoms with E-state index in [1.807, 2.05) is 6.08 Å². The van der Waals surface area contributed by atoms with Crippen molar-refractivity contribution in [1.82, 2.24) is 5.32 Å². The van der Waals surface area contributed by atoms with Gasteiger partial charge in [-0.15, -0.1) is 0 Å². The van der Waals surface area contributed by atoms with Crippen molar-refractivity contribution < 1.29 is 14.7 Å². The molecular formula is C15H25NO3. The van der Waals surface area contributed by atoms with E-state index >= 15 is 0 Å². The Morgan fingerprint density at radius 3 is 2.53 bits per heavy atom. The Morgan fingerprint density at radius 1 is 1.37 bits per heavy atom. The van der Waals surface area contributed by atoms with Gasteiger partial charge in [0, 0.05) is 5.92 Å². The molecule has 19 heavy (non-hydrogen) atoms. The topological polar surface area (TPSA) is 66.4 Å². The van der Waals surface area contributed by atoms with Crippen LogP contribution < -0.4 is 5.32 Å². The molecule has 0 spiro atoms. The molecule has 0 aromatic carbocycles. The molecule has 4 heteroatoms. The third-order valence-electron chi connectivity index (χ3n) is 3.44. The van der Waals surface area contributed by atoms with Gasteiger partial charge in [0.05, 0.1) is 0 Å². The van der Waals surface area contributed by atoms with Gasteiger partial charge in [-0.3, -0.25) is 4.79 Å². The highest BCUT2D eigenvalue weighted by molar-refractivity contribution is 5.85. The highest BCUT2D eigenvalue weighted by Gasteiger charge is 2.26. The van der Waals surface area contributed by atoms with E-state index in [1.165, 1.54) is 0 Å². The fraction of sp³-hybridized carbons (Fsp3) is 0.733. The third kappa shape index (κ3) is 5.90. The van der Waals surface area contributed by atoms with Crippen molar-refractivity contribution in [2.75, 3.05) is 0 Å². The van der Waals surface area contributed by atoms with E-state index in [4.69, 9.17) is 0 Å². The van der Waals surface area contributed by atoms with Crippen LogP contribution in [0.15, 0.2) is 12.2 Å². The van der Waals surface area contributed by atoms with Crippen LogP contribution in [-0.2, 0) is 9.59 Å². The number of carbonyl (C=O) groups excluding carboxylic acids is 1. The lowest BCUT2D eigenvalue weighted by molar-refractivity contribution is -0.142. The summed E-state index contributed by atoms with van der Waals surface area (Å²) in [5.41, 5.74) is 0.0754. The van der Waals surface area contributed by atoms with Crippen molar-refractivity contribution in [3.8, 4) is 0 Å². The Bertz CT molecular complexity index is 355. The zero-order chi connectivity index (χ0) is 14.5. The molecular weight excluding hydrogens is 242 g/mol. The summed E-state index contributed by atoms with van der Waals surface area (Å²) in [5.74, 6) is -1.13. The number of carboxylic acids is 1. The first-order valence-electron chi connectivity index (χ1n) is 6.98. The van der Waals surface area contributed by atoms with Crippen LogP contribution in [-0.4, -0.2) is 23.0 Å². The molecule has 0 saturated heterocycles. The standard InChI is InChI=1S/C15H25NO3/c1-15(2,3)10-9-12(14(18)19)16-13(17)11-7-5-4-6-8-11/h4-5,11-12H,6-10H2,1-3H3,(H,16,17)(H,18,19). The zero-order valence-corrected chi connectivity index (χ0v) is 12.1. The molecule has 0 heterocycles. The van der Waals surface area contributed by atoms with Gasteiger partial charge in [0.15, 0.2) is 0 Å². The van der Waals surface area contributed by atoms with Gasteiger partial charge in [-0.1, -0.05) is 32.9 Å². The SMILES string of the molecule is CC(C)(C)CCC(NC(=O)C1CC=CCC1)C(=O)O. The summed E-state index contributed by atoms with van der Waals surface area (Å²) in [7, 11) is 0. The lowest BCUT2D eigenvalue weighted by atomic mass is 9.88. The molecule has 1 aliphatic rings. The maximum absolute atomic E-state index is 12.0. The second-order valence-corrected chi connectivity index (χ2v) is 6.48. The van der Waals surface area contributed by atoms with Crippen molar-refractivity contribution in [3.63, 3.8) is 0 Å². The molecule has 1 aliphatic carbocycles. The Labute approximate surface area is 115 Å². The van der Waals surface area contributed by atoms with Crippen LogP contribution in [0.1, 0.15) is 52.9 Å². The summed E-state index contributed by atoms with van der Waals surface area (Å²) in [6, 6.07) is -0.766. The van der Waals surface area contributed by atoms with Gasteiger partial charge in [-0.2, -0.15) is 0 Å². The van der Waals surface area contributed by atoms with E-state index in [9.17, 15) is 14.7 Å². The predicted octanol–water partition coefficient (Wildman–Crippen LogP) is 2.74. The third-order valence-corrected chi connectivity index (χ3v) is 3.44. The van der Waals surface area contributed by atoms with Gasteiger partial charge in [0.2, 0.25) is 5.91 Å². The van der Waals surface area contributed by atoms with Gasteiger partial charge in [0.1, 0.15) is 6.04 Å². The molecule has 4 nitrogen and oxygen atoms in total. The molecule has 2 N–H and O–H groups in total. The van der Waals surface area contributed by atoms with Crippen LogP contribution in [0.4, 0.5) is 0 Å². The lowest BCUT2D eigenvalue weighted by Crippen LogP contribution is -2.44. The molecule has 2 unspecified atom stereocenters. The molecule has 0 aliphatic heterocycles. The molecule has 1 rings (SSSR count). The van der Waals surface area contributed by atoms with Crippen LogP contribution in [0.3, 0.4) is 0 Å². The van der Waals surface area contributed by atoms with Crippen LogP contribution in [0, 0.1) is 11.3 Å². The second kappa shape index (κ2) is 6.73. The van der Waals surface area contributed by atoms with E-state index in [1.54, 1.807) is 0 Å². The number of carbonyl (C=O) groups is 2. The molecule has 2 atom stereocenters. The molecule has 0 radical (unpaired) electrons. The van der Waals surface area contributed by atoms with E-state index in [0.717, 1.165) is 25.7 Å². The normalized spacial score (nSPS) is 20.9. The van der Waals surface area contributed by atoms with Crippen LogP contribution in [0.2, 0.25) is 0 Å². The highest BCUT2D eigenvalue weighted by Crippen LogP contribution is 2.22. The fourth-order valence-corrected chi connectivity index (χ4v) is 2.16. The van der Waals surface area contributed by atoms with E-state index in [2.05, 4.69) is 32.2 Å². The summed E-state index contributed by atoms with van der Waals surface area (Å²) in [6.45, 7) is 6.21. The van der Waals surface area contributed by atoms with E-state index in [0.29, 0.717) is 6.42 Å². The number of amides is 1. The van der Waals surface area contributed by atoms with Gasteiger partial charge in [-0.05, 0) is 37.5 Å². The smallest absolute Gasteiger partial charge is 0.326 e. The molecule has 1 amide bonds. The minimum atomic E-state index is -0.941. The number of nitrogens with one attached hydrogen (secondary N) is 1. The Balaban J connectivity index is 2.50. The summed E-state index contributed by atoms with van der Waals surface area (Å²) >= 11 is 0. The average Bonchev–Trinajstić information content (AvgIpc) is 2.33. The number of rotatable bonds is 5. The Morgan fingerprint density at radius 2 is 2.05 bits per heavy atom. The van der Waals surface area contributed by atoms with Crippen molar-refractivity contribution in [2.45, 2.75) is 58.9 Å². The molecule has 108 valence electrons. The van der Waals surface area contributed by atoms with Gasteiger partial charge in [-0.25, -0.2) is 4.79 Å². The van der Waals surface area contributed by atoms with Crippen LogP contribution in [0.5, 0.6) is 0 Å². The fourth-order valence-electron chi connectivity index (χ4n) is 2.16. The molecule has 0 aromatic heterocycles. The minimum absolute atomic E-state index is 0.0681. The van der Waals surface area contributed by atoms with Crippen LogP contribution in [0.25, 0.3) is 0 Å². The number of allylic oxidation sites excluding steroid dienone is 2. The number of hydrogen-bond donors (Lipinski definition) is 2. The first-order chi connectivity index (χ1) is 8.79. The lowest BCUT2D eigenvalue weighted by Gasteiger charge is -2.24. The van der Waals surface area contributed by atoms with E-state index < -0.39 is 12.0 Å². The molecule has 0 fully saturated rings. The predicted molar refractivity (Wildman–Crippen MR) is 74.7 cm³/mol. The highest BCUT2D eigenvalue weighted by atomic mass is 16.4. The van der Waals surface area contributed by atoms with Gasteiger partial charge < -0.3 is 10.4 Å². The summed E-state index contributed by atoms with van der Waals surface area (Å²) in [4.78, 5) is 23.2. The summed E-state index contributed by atoms with van der Waals surface area (Å²) in [5, 5.41) is 11.9. The zero-order valence-electron chi connectivity index (χ0n) is 12.1. The average molecular weight is 267 g/mol. The Hall–Kier alpha value is -1.32. The minimum Gasteiger partial charge on any atom is -0.480 e. The monoisotopic (exact) mass is 267 g/mol. The van der Waals surface area contributed by atoms with Gasteiger partial charge >= 0.3 is 5.97 Å².